The van der Waals surface area contributed by atoms with Gasteiger partial charge in [0.15, 0.2) is 0 Å². The second kappa shape index (κ2) is 8.30. The molecule has 0 saturated carbocycles. The number of halogens is 2. The minimum Gasteiger partial charge on any atom is -0.497 e. The fourth-order valence-electron chi connectivity index (χ4n) is 2.53. The molecule has 148 valence electrons. The second-order valence-corrected chi connectivity index (χ2v) is 8.26. The van der Waals surface area contributed by atoms with Crippen molar-refractivity contribution in [1.29, 1.82) is 0 Å². The molecule has 0 atom stereocenters. The molecule has 0 spiro atoms. The average Bonchev–Trinajstić information content (AvgIpc) is 3.10. The van der Waals surface area contributed by atoms with E-state index >= 15 is 0 Å². The first-order valence-corrected chi connectivity index (χ1v) is 10.3. The van der Waals surface area contributed by atoms with Crippen molar-refractivity contribution in [3.05, 3.63) is 64.4 Å². The van der Waals surface area contributed by atoms with Gasteiger partial charge in [0.2, 0.25) is 0 Å². The van der Waals surface area contributed by atoms with E-state index in [1.54, 1.807) is 29.1 Å². The molecule has 0 aliphatic carbocycles. The minimum atomic E-state index is -3.91. The number of benzene rings is 2. The van der Waals surface area contributed by atoms with Gasteiger partial charge >= 0.3 is 0 Å². The fourth-order valence-corrected chi connectivity index (χ4v) is 4.07. The Morgan fingerprint density at radius 1 is 1.07 bits per heavy atom. The van der Waals surface area contributed by atoms with E-state index in [0.29, 0.717) is 28.0 Å². The Morgan fingerprint density at radius 3 is 2.54 bits per heavy atom. The Morgan fingerprint density at radius 2 is 1.86 bits per heavy atom. The van der Waals surface area contributed by atoms with Gasteiger partial charge in [-0.1, -0.05) is 29.3 Å². The molecule has 28 heavy (non-hydrogen) atoms. The van der Waals surface area contributed by atoms with Crippen molar-refractivity contribution >= 4 is 38.9 Å². The molecule has 2 aromatic carbocycles. The highest BCUT2D eigenvalue weighted by Gasteiger charge is 2.21. The molecule has 3 rings (SSSR count). The lowest BCUT2D eigenvalue weighted by atomic mass is 10.2. The number of rotatable bonds is 7. The summed E-state index contributed by atoms with van der Waals surface area (Å²) < 4.78 is 39.9. The molecule has 0 amide bonds. The van der Waals surface area contributed by atoms with Gasteiger partial charge in [0.1, 0.15) is 16.4 Å². The Bertz CT molecular complexity index is 1100. The van der Waals surface area contributed by atoms with Gasteiger partial charge in [-0.2, -0.15) is 5.10 Å². The van der Waals surface area contributed by atoms with Gasteiger partial charge in [-0.05, 0) is 29.8 Å². The Balaban J connectivity index is 1.81. The molecule has 0 saturated heterocycles. The summed E-state index contributed by atoms with van der Waals surface area (Å²) in [6.45, 7) is 0.404. The summed E-state index contributed by atoms with van der Waals surface area (Å²) >= 11 is 11.9. The maximum atomic E-state index is 12.8. The van der Waals surface area contributed by atoms with E-state index in [2.05, 4.69) is 9.82 Å². The number of methoxy groups -OCH3 is 2. The van der Waals surface area contributed by atoms with Crippen LogP contribution in [0.5, 0.6) is 11.5 Å². The number of hydrogen-bond acceptors (Lipinski definition) is 5. The smallest absolute Gasteiger partial charge is 0.265 e. The molecule has 0 fully saturated rings. The zero-order chi connectivity index (χ0) is 20.3. The molecule has 10 heteroatoms. The number of hydrogen-bond donors (Lipinski definition) is 1. The van der Waals surface area contributed by atoms with E-state index in [0.717, 1.165) is 5.56 Å². The lowest BCUT2D eigenvalue weighted by Gasteiger charge is -2.11. The van der Waals surface area contributed by atoms with E-state index in [4.69, 9.17) is 32.7 Å². The molecule has 0 aliphatic heterocycles. The van der Waals surface area contributed by atoms with Crippen molar-refractivity contribution < 1.29 is 17.9 Å². The highest BCUT2D eigenvalue weighted by atomic mass is 35.5. The number of ether oxygens (including phenoxy) is 2. The summed E-state index contributed by atoms with van der Waals surface area (Å²) in [5, 5.41) is 5.08. The molecule has 1 N–H and O–H groups in total. The van der Waals surface area contributed by atoms with Crippen molar-refractivity contribution in [3.63, 3.8) is 0 Å². The average molecular weight is 442 g/mol. The summed E-state index contributed by atoms with van der Waals surface area (Å²) in [6, 6.07) is 9.79. The van der Waals surface area contributed by atoms with Gasteiger partial charge in [0.25, 0.3) is 10.0 Å². The van der Waals surface area contributed by atoms with Crippen molar-refractivity contribution in [2.75, 3.05) is 18.9 Å². The largest absolute Gasteiger partial charge is 0.497 e. The zero-order valence-corrected chi connectivity index (χ0v) is 17.3. The Hall–Kier alpha value is -2.42. The summed E-state index contributed by atoms with van der Waals surface area (Å²) in [5.41, 5.74) is 1.19. The Kier molecular flexibility index (Phi) is 6.02. The van der Waals surface area contributed by atoms with Crippen molar-refractivity contribution in [1.82, 2.24) is 9.78 Å². The van der Waals surface area contributed by atoms with Gasteiger partial charge in [-0.15, -0.1) is 0 Å². The van der Waals surface area contributed by atoms with Crippen LogP contribution in [0.2, 0.25) is 10.0 Å². The monoisotopic (exact) mass is 441 g/mol. The third-order valence-corrected chi connectivity index (χ3v) is 6.02. The number of sulfonamides is 1. The van der Waals surface area contributed by atoms with Crippen LogP contribution in [0.1, 0.15) is 5.56 Å². The van der Waals surface area contributed by atoms with Gasteiger partial charge < -0.3 is 9.47 Å². The Labute approximate surface area is 172 Å². The molecule has 0 bridgehead atoms. The maximum absolute atomic E-state index is 12.8. The van der Waals surface area contributed by atoms with Crippen LogP contribution in [-0.2, 0) is 16.6 Å². The summed E-state index contributed by atoms with van der Waals surface area (Å²) in [4.78, 5) is -0.0356. The van der Waals surface area contributed by atoms with E-state index in [1.165, 1.54) is 32.5 Å². The lowest BCUT2D eigenvalue weighted by molar-refractivity contribution is 0.392. The third-order valence-electron chi connectivity index (χ3n) is 3.87. The van der Waals surface area contributed by atoms with Crippen LogP contribution in [0.15, 0.2) is 53.7 Å². The normalized spacial score (nSPS) is 11.3. The predicted octanol–water partition coefficient (Wildman–Crippen LogP) is 4.06. The number of aromatic nitrogens is 2. The summed E-state index contributed by atoms with van der Waals surface area (Å²) in [7, 11) is -1.05. The van der Waals surface area contributed by atoms with Crippen molar-refractivity contribution in [2.45, 2.75) is 11.4 Å². The quantitative estimate of drug-likeness (QED) is 0.597. The lowest BCUT2D eigenvalue weighted by Crippen LogP contribution is -2.14. The van der Waals surface area contributed by atoms with E-state index in [9.17, 15) is 8.42 Å². The molecule has 0 aliphatic rings. The maximum Gasteiger partial charge on any atom is 0.265 e. The van der Waals surface area contributed by atoms with Crippen LogP contribution in [-0.4, -0.2) is 32.4 Å². The van der Waals surface area contributed by atoms with Crippen LogP contribution in [0.3, 0.4) is 0 Å². The zero-order valence-electron chi connectivity index (χ0n) is 15.0. The first-order valence-electron chi connectivity index (χ1n) is 8.03. The van der Waals surface area contributed by atoms with Crippen LogP contribution in [0.4, 0.5) is 5.69 Å². The number of anilines is 1. The molecular weight excluding hydrogens is 425 g/mol. The SMILES string of the molecule is COc1ccc(OC)c(S(=O)(=O)Nc2cnn(Cc3ccc(Cl)c(Cl)c3)c2)c1. The third kappa shape index (κ3) is 4.52. The van der Waals surface area contributed by atoms with Gasteiger partial charge in [-0.3, -0.25) is 9.40 Å². The predicted molar refractivity (Wildman–Crippen MR) is 108 cm³/mol. The second-order valence-electron chi connectivity index (χ2n) is 5.80. The molecule has 1 aromatic heterocycles. The first kappa shape index (κ1) is 20.3. The van der Waals surface area contributed by atoms with E-state index < -0.39 is 10.0 Å². The fraction of sp³-hybridized carbons (Fsp3) is 0.167. The summed E-state index contributed by atoms with van der Waals surface area (Å²) in [6.07, 6.45) is 2.99. The van der Waals surface area contributed by atoms with Gasteiger partial charge in [-0.25, -0.2) is 8.42 Å². The molecule has 0 radical (unpaired) electrons. The molecule has 7 nitrogen and oxygen atoms in total. The van der Waals surface area contributed by atoms with Crippen LogP contribution < -0.4 is 14.2 Å². The molecule has 0 unspecified atom stereocenters. The number of nitrogens with zero attached hydrogens (tertiary/aromatic N) is 2. The summed E-state index contributed by atoms with van der Waals surface area (Å²) in [5.74, 6) is 0.605. The van der Waals surface area contributed by atoms with Crippen molar-refractivity contribution in [3.8, 4) is 11.5 Å². The molecular formula is C18H17Cl2N3O4S. The molecule has 1 heterocycles. The van der Waals surface area contributed by atoms with Crippen LogP contribution in [0.25, 0.3) is 0 Å². The van der Waals surface area contributed by atoms with E-state index in [1.807, 2.05) is 6.07 Å². The van der Waals surface area contributed by atoms with Crippen molar-refractivity contribution in [2.24, 2.45) is 0 Å². The standard InChI is InChI=1S/C18H17Cl2N3O4S/c1-26-14-4-6-17(27-2)18(8-14)28(24,25)22-13-9-21-23(11-13)10-12-3-5-15(19)16(20)7-12/h3-9,11,22H,10H2,1-2H3. The molecule has 3 aromatic rings. The topological polar surface area (TPSA) is 82.4 Å². The highest BCUT2D eigenvalue weighted by molar-refractivity contribution is 7.92. The minimum absolute atomic E-state index is 0.0356. The van der Waals surface area contributed by atoms with Gasteiger partial charge in [0, 0.05) is 12.3 Å². The van der Waals surface area contributed by atoms with Crippen LogP contribution >= 0.6 is 23.2 Å². The van der Waals surface area contributed by atoms with Gasteiger partial charge in [0.05, 0.1) is 42.7 Å². The number of nitrogens with one attached hydrogen (secondary N) is 1. The highest BCUT2D eigenvalue weighted by Crippen LogP contribution is 2.29. The van der Waals surface area contributed by atoms with Crippen LogP contribution in [0, 0.1) is 0 Å². The van der Waals surface area contributed by atoms with E-state index in [-0.39, 0.29) is 10.6 Å². The first-order chi connectivity index (χ1) is 13.3.